The van der Waals surface area contributed by atoms with Crippen molar-refractivity contribution in [2.45, 2.75) is 6.43 Å². The van der Waals surface area contributed by atoms with E-state index >= 15 is 0 Å². The van der Waals surface area contributed by atoms with Crippen LogP contribution in [0.5, 0.6) is 0 Å². The Morgan fingerprint density at radius 2 is 1.55 bits per heavy atom. The molecule has 2 amide bonds. The Bertz CT molecular complexity index is 705. The maximum atomic E-state index is 13.0. The second kappa shape index (κ2) is 6.75. The van der Waals surface area contributed by atoms with Gasteiger partial charge in [0.05, 0.1) is 0 Å². The molecule has 2 aromatic rings. The van der Waals surface area contributed by atoms with Gasteiger partial charge in [0.25, 0.3) is 11.8 Å². The molecule has 22 heavy (non-hydrogen) atoms. The molecule has 0 aliphatic carbocycles. The van der Waals surface area contributed by atoms with E-state index in [1.54, 1.807) is 0 Å². The number of hydrogen-bond donors (Lipinski definition) is 2. The largest absolute Gasteiger partial charge is 0.322 e. The monoisotopic (exact) mass is 308 g/mol. The lowest BCUT2D eigenvalue weighted by atomic mass is 10.2. The summed E-state index contributed by atoms with van der Waals surface area (Å²) < 4.78 is 37.4. The Labute approximate surface area is 124 Å². The third kappa shape index (κ3) is 4.08. The van der Waals surface area contributed by atoms with E-state index in [0.717, 1.165) is 6.07 Å². The lowest BCUT2D eigenvalue weighted by molar-refractivity contribution is -0.126. The van der Waals surface area contributed by atoms with Gasteiger partial charge in [-0.25, -0.2) is 4.39 Å². The van der Waals surface area contributed by atoms with Crippen molar-refractivity contribution in [1.82, 2.24) is 0 Å². The van der Waals surface area contributed by atoms with Crippen LogP contribution in [0.15, 0.2) is 48.5 Å². The predicted octanol–water partition coefficient (Wildman–Crippen LogP) is 3.28. The molecule has 0 heterocycles. The Morgan fingerprint density at radius 1 is 0.909 bits per heavy atom. The Hall–Kier alpha value is -2.83. The zero-order chi connectivity index (χ0) is 16.1. The lowest BCUT2D eigenvalue weighted by Gasteiger charge is -2.08. The summed E-state index contributed by atoms with van der Waals surface area (Å²) in [5, 5.41) is 4.44. The number of hydrogen-bond acceptors (Lipinski definition) is 2. The summed E-state index contributed by atoms with van der Waals surface area (Å²) in [6.07, 6.45) is -3.15. The molecule has 0 bridgehead atoms. The SMILES string of the molecule is O=C(Nc1cccc(F)c1)c1cccc(NC(=O)C(F)F)c1. The van der Waals surface area contributed by atoms with Gasteiger partial charge in [-0.15, -0.1) is 0 Å². The number of carbonyl (C=O) groups is 2. The van der Waals surface area contributed by atoms with Crippen molar-refractivity contribution in [3.8, 4) is 0 Å². The molecule has 0 atom stereocenters. The van der Waals surface area contributed by atoms with Crippen molar-refractivity contribution in [2.75, 3.05) is 10.6 Å². The van der Waals surface area contributed by atoms with Gasteiger partial charge in [-0.2, -0.15) is 8.78 Å². The van der Waals surface area contributed by atoms with Gasteiger partial charge in [-0.3, -0.25) is 9.59 Å². The molecule has 114 valence electrons. The first kappa shape index (κ1) is 15.6. The van der Waals surface area contributed by atoms with Gasteiger partial charge < -0.3 is 10.6 Å². The number of nitrogens with one attached hydrogen (secondary N) is 2. The quantitative estimate of drug-likeness (QED) is 0.910. The van der Waals surface area contributed by atoms with E-state index in [4.69, 9.17) is 0 Å². The second-order valence-corrected chi connectivity index (χ2v) is 4.34. The molecule has 0 aliphatic rings. The molecule has 4 nitrogen and oxygen atoms in total. The first-order valence-electron chi connectivity index (χ1n) is 6.22. The highest BCUT2D eigenvalue weighted by atomic mass is 19.3. The fraction of sp³-hybridized carbons (Fsp3) is 0.0667. The molecule has 0 fully saturated rings. The van der Waals surface area contributed by atoms with E-state index < -0.39 is 24.1 Å². The molecule has 0 radical (unpaired) electrons. The van der Waals surface area contributed by atoms with Crippen LogP contribution in [0.3, 0.4) is 0 Å². The Morgan fingerprint density at radius 3 is 2.18 bits per heavy atom. The summed E-state index contributed by atoms with van der Waals surface area (Å²) in [6, 6.07) is 10.8. The molecule has 0 spiro atoms. The van der Waals surface area contributed by atoms with Crippen molar-refractivity contribution in [3.63, 3.8) is 0 Å². The number of halogens is 3. The molecular weight excluding hydrogens is 297 g/mol. The second-order valence-electron chi connectivity index (χ2n) is 4.34. The average Bonchev–Trinajstić information content (AvgIpc) is 2.47. The highest BCUT2D eigenvalue weighted by Gasteiger charge is 2.15. The zero-order valence-electron chi connectivity index (χ0n) is 11.1. The Balaban J connectivity index is 2.11. The van der Waals surface area contributed by atoms with Crippen molar-refractivity contribution in [1.29, 1.82) is 0 Å². The first-order valence-corrected chi connectivity index (χ1v) is 6.22. The number of rotatable bonds is 4. The highest BCUT2D eigenvalue weighted by Crippen LogP contribution is 2.15. The van der Waals surface area contributed by atoms with Crippen LogP contribution in [0.4, 0.5) is 24.5 Å². The van der Waals surface area contributed by atoms with Crippen molar-refractivity contribution in [2.24, 2.45) is 0 Å². The van der Waals surface area contributed by atoms with Crippen LogP contribution >= 0.6 is 0 Å². The van der Waals surface area contributed by atoms with Crippen LogP contribution in [0, 0.1) is 5.82 Å². The van der Waals surface area contributed by atoms with E-state index in [2.05, 4.69) is 5.32 Å². The Kier molecular flexibility index (Phi) is 4.77. The van der Waals surface area contributed by atoms with Gasteiger partial charge in [0, 0.05) is 16.9 Å². The first-order chi connectivity index (χ1) is 10.5. The summed E-state index contributed by atoms with van der Waals surface area (Å²) in [5.74, 6) is -2.52. The topological polar surface area (TPSA) is 58.2 Å². The summed E-state index contributed by atoms with van der Waals surface area (Å²) in [6.45, 7) is 0. The molecule has 0 saturated heterocycles. The molecule has 0 aliphatic heterocycles. The van der Waals surface area contributed by atoms with E-state index in [1.807, 2.05) is 5.32 Å². The predicted molar refractivity (Wildman–Crippen MR) is 75.4 cm³/mol. The van der Waals surface area contributed by atoms with Gasteiger partial charge in [0.15, 0.2) is 0 Å². The summed E-state index contributed by atoms with van der Waals surface area (Å²) in [7, 11) is 0. The number of alkyl halides is 2. The third-order valence-corrected chi connectivity index (χ3v) is 2.67. The minimum atomic E-state index is -3.15. The summed E-state index contributed by atoms with van der Waals surface area (Å²) in [4.78, 5) is 22.9. The maximum absolute atomic E-state index is 13.0. The fourth-order valence-corrected chi connectivity index (χ4v) is 1.70. The van der Waals surface area contributed by atoms with Gasteiger partial charge in [-0.1, -0.05) is 12.1 Å². The zero-order valence-corrected chi connectivity index (χ0v) is 11.1. The standard InChI is InChI=1S/C15H11F3N2O2/c16-10-4-2-6-12(8-10)19-14(21)9-3-1-5-11(7-9)20-15(22)13(17)18/h1-8,13H,(H,19,21)(H,20,22). The van der Waals surface area contributed by atoms with Gasteiger partial charge >= 0.3 is 6.43 Å². The number of benzene rings is 2. The number of anilines is 2. The maximum Gasteiger partial charge on any atom is 0.315 e. The summed E-state index contributed by atoms with van der Waals surface area (Å²) >= 11 is 0. The molecule has 0 saturated carbocycles. The number of carbonyl (C=O) groups excluding carboxylic acids is 2. The highest BCUT2D eigenvalue weighted by molar-refractivity contribution is 6.05. The molecule has 2 rings (SSSR count). The average molecular weight is 308 g/mol. The van der Waals surface area contributed by atoms with E-state index in [0.29, 0.717) is 0 Å². The van der Waals surface area contributed by atoms with Crippen LogP contribution in [-0.2, 0) is 4.79 Å². The molecule has 0 aromatic heterocycles. The van der Waals surface area contributed by atoms with Crippen LogP contribution in [0.1, 0.15) is 10.4 Å². The third-order valence-electron chi connectivity index (χ3n) is 2.67. The van der Waals surface area contributed by atoms with Crippen molar-refractivity contribution < 1.29 is 22.8 Å². The molecule has 7 heteroatoms. The van der Waals surface area contributed by atoms with Crippen LogP contribution in [0.2, 0.25) is 0 Å². The minimum absolute atomic E-state index is 0.0668. The van der Waals surface area contributed by atoms with Crippen molar-refractivity contribution in [3.05, 3.63) is 59.9 Å². The van der Waals surface area contributed by atoms with Crippen LogP contribution in [-0.4, -0.2) is 18.2 Å². The molecule has 0 unspecified atom stereocenters. The minimum Gasteiger partial charge on any atom is -0.322 e. The fourth-order valence-electron chi connectivity index (χ4n) is 1.70. The molecule has 2 N–H and O–H groups in total. The van der Waals surface area contributed by atoms with Gasteiger partial charge in [0.1, 0.15) is 5.82 Å². The van der Waals surface area contributed by atoms with Crippen LogP contribution < -0.4 is 10.6 Å². The smallest absolute Gasteiger partial charge is 0.315 e. The molecule has 2 aromatic carbocycles. The van der Waals surface area contributed by atoms with Gasteiger partial charge in [-0.05, 0) is 36.4 Å². The number of amides is 2. The van der Waals surface area contributed by atoms with E-state index in [9.17, 15) is 22.8 Å². The van der Waals surface area contributed by atoms with E-state index in [1.165, 1.54) is 42.5 Å². The summed E-state index contributed by atoms with van der Waals surface area (Å²) in [5.41, 5.74) is 0.459. The van der Waals surface area contributed by atoms with Crippen LogP contribution in [0.25, 0.3) is 0 Å². The lowest BCUT2D eigenvalue weighted by Crippen LogP contribution is -2.20. The van der Waals surface area contributed by atoms with Crippen molar-refractivity contribution >= 4 is 23.2 Å². The van der Waals surface area contributed by atoms with Gasteiger partial charge in [0.2, 0.25) is 0 Å². The molecular formula is C15H11F3N2O2. The van der Waals surface area contributed by atoms with E-state index in [-0.39, 0.29) is 16.9 Å². The normalized spacial score (nSPS) is 10.4.